The normalized spacial score (nSPS) is 12.2. The summed E-state index contributed by atoms with van der Waals surface area (Å²) in [5, 5.41) is 18.8. The zero-order chi connectivity index (χ0) is 17.7. The SMILES string of the molecule is CN(C)CC(O)Cn1cc(NC(=O)Nc2ccc(F)c(F)c2)cn1. The van der Waals surface area contributed by atoms with Crippen molar-refractivity contribution in [1.82, 2.24) is 14.7 Å². The van der Waals surface area contributed by atoms with E-state index in [0.29, 0.717) is 12.2 Å². The zero-order valence-corrected chi connectivity index (χ0v) is 13.3. The number of aromatic nitrogens is 2. The first-order chi connectivity index (χ1) is 11.3. The van der Waals surface area contributed by atoms with Crippen molar-refractivity contribution in [2.75, 3.05) is 31.3 Å². The molecule has 24 heavy (non-hydrogen) atoms. The molecule has 0 radical (unpaired) electrons. The van der Waals surface area contributed by atoms with E-state index in [2.05, 4.69) is 15.7 Å². The molecule has 3 N–H and O–H groups in total. The topological polar surface area (TPSA) is 82.4 Å². The summed E-state index contributed by atoms with van der Waals surface area (Å²) in [5.41, 5.74) is 0.535. The molecule has 1 unspecified atom stereocenters. The summed E-state index contributed by atoms with van der Waals surface area (Å²) in [5.74, 6) is -2.03. The lowest BCUT2D eigenvalue weighted by Gasteiger charge is -2.15. The Balaban J connectivity index is 1.89. The molecule has 0 spiro atoms. The zero-order valence-electron chi connectivity index (χ0n) is 13.3. The number of nitrogens with one attached hydrogen (secondary N) is 2. The number of aliphatic hydroxyl groups excluding tert-OH is 1. The van der Waals surface area contributed by atoms with Crippen LogP contribution < -0.4 is 10.6 Å². The van der Waals surface area contributed by atoms with Crippen molar-refractivity contribution in [2.24, 2.45) is 0 Å². The predicted molar refractivity (Wildman–Crippen MR) is 85.8 cm³/mol. The van der Waals surface area contributed by atoms with E-state index < -0.39 is 23.8 Å². The van der Waals surface area contributed by atoms with Crippen LogP contribution in [0.25, 0.3) is 0 Å². The van der Waals surface area contributed by atoms with Crippen LogP contribution in [0.4, 0.5) is 25.0 Å². The number of hydrogen-bond donors (Lipinski definition) is 3. The summed E-state index contributed by atoms with van der Waals surface area (Å²) in [4.78, 5) is 13.7. The van der Waals surface area contributed by atoms with Crippen molar-refractivity contribution >= 4 is 17.4 Å². The standard InChI is InChI=1S/C15H19F2N5O2/c1-21(2)8-12(23)9-22-7-11(6-18-22)20-15(24)19-10-3-4-13(16)14(17)5-10/h3-7,12,23H,8-9H2,1-2H3,(H2,19,20,24). The van der Waals surface area contributed by atoms with Crippen LogP contribution in [0.2, 0.25) is 0 Å². The van der Waals surface area contributed by atoms with Crippen LogP contribution in [0.3, 0.4) is 0 Å². The number of likely N-dealkylation sites (N-methyl/N-ethyl adjacent to an activating group) is 1. The number of halogens is 2. The molecule has 2 aromatic rings. The van der Waals surface area contributed by atoms with Crippen LogP contribution >= 0.6 is 0 Å². The lowest BCUT2D eigenvalue weighted by Crippen LogP contribution is -2.29. The van der Waals surface area contributed by atoms with Crippen LogP contribution in [-0.2, 0) is 6.54 Å². The Bertz CT molecular complexity index is 705. The Labute approximate surface area is 137 Å². The van der Waals surface area contributed by atoms with E-state index in [1.54, 1.807) is 6.20 Å². The van der Waals surface area contributed by atoms with Gasteiger partial charge in [-0.15, -0.1) is 0 Å². The molecule has 0 aliphatic heterocycles. The molecular weight excluding hydrogens is 320 g/mol. The fourth-order valence-corrected chi connectivity index (χ4v) is 2.09. The summed E-state index contributed by atoms with van der Waals surface area (Å²) in [6.07, 6.45) is 2.39. The third-order valence-corrected chi connectivity index (χ3v) is 3.04. The first-order valence-corrected chi connectivity index (χ1v) is 7.22. The molecule has 0 bridgehead atoms. The number of carbonyl (C=O) groups is 1. The van der Waals surface area contributed by atoms with Crippen molar-refractivity contribution in [3.8, 4) is 0 Å². The van der Waals surface area contributed by atoms with Gasteiger partial charge in [-0.1, -0.05) is 0 Å². The lowest BCUT2D eigenvalue weighted by atomic mass is 10.3. The van der Waals surface area contributed by atoms with Gasteiger partial charge in [0.1, 0.15) is 0 Å². The molecule has 1 atom stereocenters. The van der Waals surface area contributed by atoms with Crippen LogP contribution in [0, 0.1) is 11.6 Å². The molecule has 2 amide bonds. The molecule has 9 heteroatoms. The lowest BCUT2D eigenvalue weighted by molar-refractivity contribution is 0.116. The highest BCUT2D eigenvalue weighted by Crippen LogP contribution is 2.14. The van der Waals surface area contributed by atoms with Crippen molar-refractivity contribution in [2.45, 2.75) is 12.6 Å². The number of aliphatic hydroxyl groups is 1. The molecule has 7 nitrogen and oxygen atoms in total. The number of amides is 2. The maximum Gasteiger partial charge on any atom is 0.323 e. The molecule has 1 heterocycles. The fraction of sp³-hybridized carbons (Fsp3) is 0.333. The van der Waals surface area contributed by atoms with E-state index in [9.17, 15) is 18.7 Å². The van der Waals surface area contributed by atoms with Crippen molar-refractivity contribution in [3.63, 3.8) is 0 Å². The van der Waals surface area contributed by atoms with Gasteiger partial charge < -0.3 is 20.6 Å². The van der Waals surface area contributed by atoms with Gasteiger partial charge in [-0.2, -0.15) is 5.10 Å². The molecule has 0 saturated heterocycles. The van der Waals surface area contributed by atoms with Gasteiger partial charge in [-0.25, -0.2) is 13.6 Å². The second kappa shape index (κ2) is 7.84. The van der Waals surface area contributed by atoms with Gasteiger partial charge >= 0.3 is 6.03 Å². The Hall–Kier alpha value is -2.52. The van der Waals surface area contributed by atoms with Gasteiger partial charge in [0.2, 0.25) is 0 Å². The van der Waals surface area contributed by atoms with Crippen LogP contribution in [0.15, 0.2) is 30.6 Å². The molecule has 1 aromatic heterocycles. The van der Waals surface area contributed by atoms with Gasteiger partial charge in [0.05, 0.1) is 24.5 Å². The second-order valence-electron chi connectivity index (χ2n) is 5.58. The molecule has 2 rings (SSSR count). The van der Waals surface area contributed by atoms with E-state index >= 15 is 0 Å². The molecule has 0 saturated carbocycles. The third kappa shape index (κ3) is 5.28. The first kappa shape index (κ1) is 17.8. The van der Waals surface area contributed by atoms with E-state index in [0.717, 1.165) is 12.1 Å². The smallest absolute Gasteiger partial charge is 0.323 e. The second-order valence-corrected chi connectivity index (χ2v) is 5.58. The number of benzene rings is 1. The van der Waals surface area contributed by atoms with Gasteiger partial charge in [-0.3, -0.25) is 4.68 Å². The number of rotatable bonds is 6. The minimum Gasteiger partial charge on any atom is -0.390 e. The number of anilines is 2. The maximum atomic E-state index is 13.1. The van der Waals surface area contributed by atoms with Gasteiger partial charge in [0, 0.05) is 24.5 Å². The third-order valence-electron chi connectivity index (χ3n) is 3.04. The highest BCUT2D eigenvalue weighted by atomic mass is 19.2. The van der Waals surface area contributed by atoms with Gasteiger partial charge in [0.15, 0.2) is 11.6 Å². The quantitative estimate of drug-likeness (QED) is 0.748. The number of carbonyl (C=O) groups excluding carboxylic acids is 1. The Morgan fingerprint density at radius 2 is 2.00 bits per heavy atom. The number of hydrogen-bond acceptors (Lipinski definition) is 4. The van der Waals surface area contributed by atoms with E-state index in [1.165, 1.54) is 16.9 Å². The van der Waals surface area contributed by atoms with Gasteiger partial charge in [-0.05, 0) is 26.2 Å². The molecule has 0 fully saturated rings. The highest BCUT2D eigenvalue weighted by molar-refractivity contribution is 5.99. The molecule has 1 aromatic carbocycles. The maximum absolute atomic E-state index is 13.1. The average molecular weight is 339 g/mol. The predicted octanol–water partition coefficient (Wildman–Crippen LogP) is 1.73. The molecule has 0 aliphatic carbocycles. The fourth-order valence-electron chi connectivity index (χ4n) is 2.09. The summed E-state index contributed by atoms with van der Waals surface area (Å²) in [6, 6.07) is 2.44. The Kier molecular flexibility index (Phi) is 5.83. The van der Waals surface area contributed by atoms with Crippen LogP contribution in [-0.4, -0.2) is 52.6 Å². The van der Waals surface area contributed by atoms with Gasteiger partial charge in [0.25, 0.3) is 0 Å². The highest BCUT2D eigenvalue weighted by Gasteiger charge is 2.10. The van der Waals surface area contributed by atoms with E-state index in [4.69, 9.17) is 0 Å². The van der Waals surface area contributed by atoms with Crippen LogP contribution in [0.5, 0.6) is 0 Å². The minimum atomic E-state index is -1.05. The number of nitrogens with zero attached hydrogens (tertiary/aromatic N) is 3. The van der Waals surface area contributed by atoms with Crippen molar-refractivity contribution < 1.29 is 18.7 Å². The molecule has 130 valence electrons. The summed E-state index contributed by atoms with van der Waals surface area (Å²) in [6.45, 7) is 0.768. The van der Waals surface area contributed by atoms with E-state index in [1.807, 2.05) is 19.0 Å². The van der Waals surface area contributed by atoms with E-state index in [-0.39, 0.29) is 12.2 Å². The van der Waals surface area contributed by atoms with Crippen LogP contribution in [0.1, 0.15) is 0 Å². The Morgan fingerprint density at radius 3 is 2.67 bits per heavy atom. The monoisotopic (exact) mass is 339 g/mol. The average Bonchev–Trinajstić information content (AvgIpc) is 2.88. The van der Waals surface area contributed by atoms with Crippen molar-refractivity contribution in [3.05, 3.63) is 42.2 Å². The number of urea groups is 1. The summed E-state index contributed by atoms with van der Waals surface area (Å²) >= 11 is 0. The summed E-state index contributed by atoms with van der Waals surface area (Å²) in [7, 11) is 3.70. The first-order valence-electron chi connectivity index (χ1n) is 7.22. The molecule has 0 aliphatic rings. The minimum absolute atomic E-state index is 0.125. The Morgan fingerprint density at radius 1 is 1.29 bits per heavy atom. The largest absolute Gasteiger partial charge is 0.390 e. The van der Waals surface area contributed by atoms with Crippen molar-refractivity contribution in [1.29, 1.82) is 0 Å². The molecular formula is C15H19F2N5O2. The summed E-state index contributed by atoms with van der Waals surface area (Å²) < 4.78 is 27.4.